The van der Waals surface area contributed by atoms with Crippen molar-refractivity contribution in [2.45, 2.75) is 19.3 Å². The van der Waals surface area contributed by atoms with Gasteiger partial charge in [-0.2, -0.15) is 0 Å². The Balaban J connectivity index is 1.01. The summed E-state index contributed by atoms with van der Waals surface area (Å²) in [5.74, 6) is 0.604. The summed E-state index contributed by atoms with van der Waals surface area (Å²) in [6.45, 7) is 0. The van der Waals surface area contributed by atoms with Gasteiger partial charge in [-0.1, -0.05) is 182 Å². The van der Waals surface area contributed by atoms with Gasteiger partial charge in [0.1, 0.15) is 0 Å². The van der Waals surface area contributed by atoms with Gasteiger partial charge >= 0.3 is 0 Å². The Kier molecular flexibility index (Phi) is 9.83. The van der Waals surface area contributed by atoms with Crippen molar-refractivity contribution in [3.63, 3.8) is 0 Å². The number of aromatic nitrogens is 1. The van der Waals surface area contributed by atoms with Gasteiger partial charge < -0.3 is 9.47 Å². The number of para-hydroxylation sites is 1. The van der Waals surface area contributed by atoms with E-state index in [-0.39, 0.29) is 0 Å². The molecule has 0 fully saturated rings. The van der Waals surface area contributed by atoms with Crippen LogP contribution in [0.25, 0.3) is 88.0 Å². The number of benzene rings is 10. The van der Waals surface area contributed by atoms with Crippen LogP contribution < -0.4 is 4.90 Å². The summed E-state index contributed by atoms with van der Waals surface area (Å²) in [6, 6.07) is 82.9. The Bertz CT molecular complexity index is 3800. The normalized spacial score (nSPS) is 14.6. The predicted octanol–water partition coefficient (Wildman–Crippen LogP) is 18.2. The molecule has 0 bridgehead atoms. The fourth-order valence-electron chi connectivity index (χ4n) is 11.0. The maximum Gasteiger partial charge on any atom is 0.0553 e. The largest absolute Gasteiger partial charge is 0.310 e. The lowest BCUT2D eigenvalue weighted by molar-refractivity contribution is 0.573. The second kappa shape index (κ2) is 16.8. The van der Waals surface area contributed by atoms with Gasteiger partial charge in [0.2, 0.25) is 0 Å². The first-order chi connectivity index (χ1) is 33.7. The average molecular weight is 869 g/mol. The van der Waals surface area contributed by atoms with Crippen LogP contribution in [0.5, 0.6) is 0 Å². The highest BCUT2D eigenvalue weighted by Crippen LogP contribution is 2.46. The van der Waals surface area contributed by atoms with Gasteiger partial charge in [-0.15, -0.1) is 0 Å². The quantitative estimate of drug-likeness (QED) is 0.138. The van der Waals surface area contributed by atoms with Crippen LogP contribution in [-0.2, 0) is 0 Å². The van der Waals surface area contributed by atoms with Gasteiger partial charge in [0.05, 0.1) is 11.0 Å². The molecule has 0 spiro atoms. The van der Waals surface area contributed by atoms with E-state index in [9.17, 15) is 0 Å². The van der Waals surface area contributed by atoms with Crippen LogP contribution in [0.1, 0.15) is 24.8 Å². The molecule has 1 heterocycles. The van der Waals surface area contributed by atoms with Crippen molar-refractivity contribution in [2.24, 2.45) is 5.92 Å². The van der Waals surface area contributed by atoms with Gasteiger partial charge in [-0.25, -0.2) is 0 Å². The van der Waals surface area contributed by atoms with E-state index in [1.165, 1.54) is 94.3 Å². The van der Waals surface area contributed by atoms with Crippen molar-refractivity contribution in [3.05, 3.63) is 260 Å². The fourth-order valence-corrected chi connectivity index (χ4v) is 11.0. The summed E-state index contributed by atoms with van der Waals surface area (Å²) in [6.07, 6.45) is 12.8. The monoisotopic (exact) mass is 868 g/mol. The van der Waals surface area contributed by atoms with E-state index in [2.05, 4.69) is 258 Å². The van der Waals surface area contributed by atoms with Gasteiger partial charge in [0, 0.05) is 33.5 Å². The Morgan fingerprint density at radius 3 is 1.88 bits per heavy atom. The number of hydrogen-bond donors (Lipinski definition) is 0. The van der Waals surface area contributed by atoms with Crippen LogP contribution in [0.4, 0.5) is 17.1 Å². The number of rotatable bonds is 8. The summed E-state index contributed by atoms with van der Waals surface area (Å²) >= 11 is 0. The molecule has 0 saturated carbocycles. The zero-order chi connectivity index (χ0) is 45.0. The molecule has 0 N–H and O–H groups in total. The third-order valence-electron chi connectivity index (χ3n) is 14.4. The van der Waals surface area contributed by atoms with Crippen LogP contribution in [0.2, 0.25) is 0 Å². The average Bonchev–Trinajstić information content (AvgIpc) is 3.75. The number of nitrogens with zero attached hydrogens (tertiary/aromatic N) is 2. The molecular weight excluding hydrogens is 821 g/mol. The van der Waals surface area contributed by atoms with Crippen LogP contribution in [0.3, 0.4) is 0 Å². The van der Waals surface area contributed by atoms with E-state index < -0.39 is 0 Å². The third kappa shape index (κ3) is 7.05. The fraction of sp³-hybridized carbons (Fsp3) is 0.0606. The molecule has 2 heteroatoms. The molecule has 1 atom stereocenters. The topological polar surface area (TPSA) is 8.17 Å². The molecule has 0 saturated heterocycles. The third-order valence-corrected chi connectivity index (χ3v) is 14.4. The van der Waals surface area contributed by atoms with Gasteiger partial charge in [-0.3, -0.25) is 0 Å². The molecule has 10 aromatic carbocycles. The van der Waals surface area contributed by atoms with Crippen molar-refractivity contribution < 1.29 is 0 Å². The number of fused-ring (bicyclic) bond motifs is 7. The predicted molar refractivity (Wildman–Crippen MR) is 289 cm³/mol. The molecule has 68 heavy (non-hydrogen) atoms. The highest BCUT2D eigenvalue weighted by atomic mass is 15.1. The highest BCUT2D eigenvalue weighted by molar-refractivity contribution is 6.18. The summed E-state index contributed by atoms with van der Waals surface area (Å²) in [5, 5.41) is 7.46. The van der Waals surface area contributed by atoms with Crippen molar-refractivity contribution in [3.8, 4) is 39.1 Å². The Hall–Kier alpha value is -8.46. The maximum absolute atomic E-state index is 2.47. The summed E-state index contributed by atoms with van der Waals surface area (Å²) in [5.41, 5.74) is 18.1. The minimum absolute atomic E-state index is 0.604. The minimum atomic E-state index is 0.604. The highest BCUT2D eigenvalue weighted by Gasteiger charge is 2.23. The van der Waals surface area contributed by atoms with Crippen molar-refractivity contribution in [2.75, 3.05) is 4.90 Å². The molecule has 0 amide bonds. The summed E-state index contributed by atoms with van der Waals surface area (Å²) in [4.78, 5) is 2.44. The van der Waals surface area contributed by atoms with E-state index in [1.807, 2.05) is 0 Å². The lowest BCUT2D eigenvalue weighted by atomic mass is 9.79. The van der Waals surface area contributed by atoms with Crippen LogP contribution in [-0.4, -0.2) is 4.57 Å². The van der Waals surface area contributed by atoms with Gasteiger partial charge in [0.15, 0.2) is 0 Å². The lowest BCUT2D eigenvalue weighted by Crippen LogP contribution is -2.11. The maximum atomic E-state index is 2.47. The van der Waals surface area contributed by atoms with Crippen LogP contribution >= 0.6 is 0 Å². The van der Waals surface area contributed by atoms with E-state index in [4.69, 9.17) is 0 Å². The molecule has 2 aliphatic carbocycles. The smallest absolute Gasteiger partial charge is 0.0553 e. The van der Waals surface area contributed by atoms with Crippen LogP contribution in [0, 0.1) is 5.92 Å². The zero-order valence-corrected chi connectivity index (χ0v) is 37.8. The second-order valence-electron chi connectivity index (χ2n) is 18.4. The Labute approximate surface area is 397 Å². The Morgan fingerprint density at radius 1 is 0.412 bits per heavy atom. The standard InChI is InChI=1S/C66H48N2/c1-4-15-45(16-5-1)52-33-37-62-64(43-52)68(56-23-8-3-9-24-56)65-44-55(46-17-6-2-7-18-46)42-63(66(62)65)53-22-14-25-58(40-53)67(59-36-38-61-54(41-59)30-28-49-20-12-13-26-60(49)61)57-34-31-48(32-35-57)51-29-27-47-19-10-11-21-50(47)39-51/h1-10,12-20,22-38,40-44,50H,11,21,39H2. The first-order valence-corrected chi connectivity index (χ1v) is 24.0. The van der Waals surface area contributed by atoms with E-state index in [0.717, 1.165) is 41.2 Å². The molecule has 2 aliphatic rings. The van der Waals surface area contributed by atoms with Crippen molar-refractivity contribution in [1.82, 2.24) is 4.57 Å². The molecule has 1 unspecified atom stereocenters. The molecule has 13 rings (SSSR count). The molecule has 2 nitrogen and oxygen atoms in total. The number of allylic oxidation sites excluding steroid dienone is 6. The second-order valence-corrected chi connectivity index (χ2v) is 18.4. The van der Waals surface area contributed by atoms with E-state index in [0.29, 0.717) is 5.92 Å². The molecule has 1 aromatic heterocycles. The molecular formula is C66H48N2. The SMILES string of the molecule is C1=CC2=CC=C(c3ccc(N(c4cccc(-c5cc(-c6ccccc6)cc6c5c5ccc(-c7ccccc7)cc5n6-c5ccccc5)c4)c4ccc5c(ccc6ccccc65)c4)cc3)CC2CC1. The van der Waals surface area contributed by atoms with Crippen LogP contribution in [0.15, 0.2) is 254 Å². The molecule has 0 aliphatic heterocycles. The first-order valence-electron chi connectivity index (χ1n) is 24.0. The van der Waals surface area contributed by atoms with Gasteiger partial charge in [0.25, 0.3) is 0 Å². The molecule has 0 radical (unpaired) electrons. The van der Waals surface area contributed by atoms with Crippen molar-refractivity contribution >= 4 is 66.0 Å². The van der Waals surface area contributed by atoms with Gasteiger partial charge in [-0.05, 0) is 164 Å². The van der Waals surface area contributed by atoms with Crippen molar-refractivity contribution in [1.29, 1.82) is 0 Å². The number of hydrogen-bond acceptors (Lipinski definition) is 1. The zero-order valence-electron chi connectivity index (χ0n) is 37.8. The minimum Gasteiger partial charge on any atom is -0.310 e. The molecule has 11 aromatic rings. The number of anilines is 3. The molecule has 322 valence electrons. The first kappa shape index (κ1) is 39.9. The summed E-state index contributed by atoms with van der Waals surface area (Å²) in [7, 11) is 0. The summed E-state index contributed by atoms with van der Waals surface area (Å²) < 4.78 is 2.47. The Morgan fingerprint density at radius 2 is 1.06 bits per heavy atom. The van der Waals surface area contributed by atoms with E-state index >= 15 is 0 Å². The van der Waals surface area contributed by atoms with E-state index in [1.54, 1.807) is 0 Å². The lowest BCUT2D eigenvalue weighted by Gasteiger charge is -2.28.